The summed E-state index contributed by atoms with van der Waals surface area (Å²) in [5.41, 5.74) is 0.106. The lowest BCUT2D eigenvalue weighted by atomic mass is 9.76. The molecule has 274 valence electrons. The molecule has 0 N–H and O–H groups in total. The van der Waals surface area contributed by atoms with E-state index in [0.717, 1.165) is 16.6 Å². The van der Waals surface area contributed by atoms with E-state index in [2.05, 4.69) is 4.98 Å². The normalized spacial score (nSPS) is 18.6. The number of carbonyl (C=O) groups excluding carboxylic acids is 3. The Balaban J connectivity index is 1.66. The van der Waals surface area contributed by atoms with Crippen molar-refractivity contribution in [3.63, 3.8) is 0 Å². The molecule has 1 atom stereocenters. The summed E-state index contributed by atoms with van der Waals surface area (Å²) in [6, 6.07) is 5.58. The molecule has 7 rings (SSSR count). The minimum atomic E-state index is -3.46. The average molecular weight is 748 g/mol. The standard InChI is InChI=1S/C39H42ClNO10Si/c1-18-14-20-15-19-12-13-39(29(19)33(47-10)24(20)36(41-18)48-11)34(43)27-28(35(39)44)32-25-21(50-52(51-32,37(2,3)4)38(5,6)7)16-22(45-8)30(46-9)26(25)31(27)49-23(42)17-40/h14-16H,12-13,17H2,1-11H3. The highest BCUT2D eigenvalue weighted by Crippen LogP contribution is 2.65. The van der Waals surface area contributed by atoms with Gasteiger partial charge in [-0.2, -0.15) is 0 Å². The van der Waals surface area contributed by atoms with Crippen LogP contribution < -0.4 is 32.5 Å². The number of nitrogens with zero attached hydrogens (tertiary/aromatic N) is 1. The Bertz CT molecular complexity index is 2260. The van der Waals surface area contributed by atoms with Crippen molar-refractivity contribution < 1.29 is 46.9 Å². The summed E-state index contributed by atoms with van der Waals surface area (Å²) >= 11 is 6.00. The molecule has 0 saturated carbocycles. The molecule has 0 radical (unpaired) electrons. The molecule has 52 heavy (non-hydrogen) atoms. The number of hydrogen-bond acceptors (Lipinski definition) is 11. The second-order valence-electron chi connectivity index (χ2n) is 15.6. The summed E-state index contributed by atoms with van der Waals surface area (Å²) in [6.07, 6.45) is 0.539. The van der Waals surface area contributed by atoms with Gasteiger partial charge in [-0.25, -0.2) is 4.98 Å². The molecule has 3 aliphatic rings. The van der Waals surface area contributed by atoms with Crippen molar-refractivity contribution in [2.45, 2.75) is 76.8 Å². The molecule has 1 aliphatic heterocycles. The van der Waals surface area contributed by atoms with Crippen molar-refractivity contribution in [3.8, 4) is 40.4 Å². The van der Waals surface area contributed by atoms with Crippen molar-refractivity contribution in [2.75, 3.05) is 34.3 Å². The number of fused-ring (bicyclic) bond motifs is 5. The van der Waals surface area contributed by atoms with E-state index in [1.165, 1.54) is 28.4 Å². The molecule has 2 aliphatic carbocycles. The summed E-state index contributed by atoms with van der Waals surface area (Å²) in [6.45, 7) is 14.1. The third kappa shape index (κ3) is 4.49. The predicted molar refractivity (Wildman–Crippen MR) is 198 cm³/mol. The monoisotopic (exact) mass is 747 g/mol. The third-order valence-corrected chi connectivity index (χ3v) is 15.8. The van der Waals surface area contributed by atoms with Crippen LogP contribution in [-0.2, 0) is 16.6 Å². The van der Waals surface area contributed by atoms with Gasteiger partial charge in [0.05, 0.1) is 55.7 Å². The first-order chi connectivity index (χ1) is 24.5. The largest absolute Gasteiger partial charge is 0.510 e. The number of carbonyl (C=O) groups is 3. The van der Waals surface area contributed by atoms with Gasteiger partial charge in [-0.05, 0) is 36.8 Å². The first-order valence-electron chi connectivity index (χ1n) is 17.0. The number of Topliss-reactive ketones (excluding diaryl/α,β-unsaturated/α-hetero) is 2. The van der Waals surface area contributed by atoms with E-state index < -0.39 is 47.5 Å². The maximum absolute atomic E-state index is 15.6. The Morgan fingerprint density at radius 1 is 0.846 bits per heavy atom. The fraction of sp³-hybridized carbons (Fsp3) is 0.436. The smallest absolute Gasteiger partial charge is 0.471 e. The molecular weight excluding hydrogens is 706 g/mol. The van der Waals surface area contributed by atoms with E-state index >= 15 is 9.59 Å². The molecule has 4 aromatic rings. The van der Waals surface area contributed by atoms with E-state index in [1.54, 1.807) is 6.07 Å². The highest BCUT2D eigenvalue weighted by molar-refractivity contribution is 6.75. The first-order valence-corrected chi connectivity index (χ1v) is 19.4. The Hall–Kier alpha value is -4.55. The Kier molecular flexibility index (Phi) is 8.08. The van der Waals surface area contributed by atoms with Gasteiger partial charge in [-0.15, -0.1) is 11.6 Å². The quantitative estimate of drug-likeness (QED) is 0.0627. The van der Waals surface area contributed by atoms with Crippen molar-refractivity contribution >= 4 is 59.2 Å². The lowest BCUT2D eigenvalue weighted by molar-refractivity contribution is -0.131. The zero-order chi connectivity index (χ0) is 37.9. The van der Waals surface area contributed by atoms with E-state index in [0.29, 0.717) is 40.1 Å². The molecule has 2 heterocycles. The number of methoxy groups -OCH3 is 4. The van der Waals surface area contributed by atoms with Gasteiger partial charge in [0.25, 0.3) is 0 Å². The van der Waals surface area contributed by atoms with Crippen molar-refractivity contribution in [1.29, 1.82) is 0 Å². The number of aryl methyl sites for hydroxylation is 2. The first kappa shape index (κ1) is 35.8. The molecule has 3 aromatic carbocycles. The van der Waals surface area contributed by atoms with Gasteiger partial charge >= 0.3 is 14.5 Å². The summed E-state index contributed by atoms with van der Waals surface area (Å²) < 4.78 is 43.7. The number of halogens is 1. The summed E-state index contributed by atoms with van der Waals surface area (Å²) in [5.74, 6) is -0.970. The van der Waals surface area contributed by atoms with Crippen LogP contribution in [0.4, 0.5) is 0 Å². The number of esters is 1. The third-order valence-electron chi connectivity index (χ3n) is 10.7. The van der Waals surface area contributed by atoms with Crippen LogP contribution in [0.2, 0.25) is 10.1 Å². The minimum absolute atomic E-state index is 0.0148. The maximum Gasteiger partial charge on any atom is 0.471 e. The summed E-state index contributed by atoms with van der Waals surface area (Å²) in [4.78, 5) is 48.8. The van der Waals surface area contributed by atoms with Crippen molar-refractivity contribution in [2.24, 2.45) is 0 Å². The zero-order valence-corrected chi connectivity index (χ0v) is 33.0. The van der Waals surface area contributed by atoms with Gasteiger partial charge in [0, 0.05) is 27.4 Å². The summed E-state index contributed by atoms with van der Waals surface area (Å²) in [7, 11) is 2.47. The summed E-state index contributed by atoms with van der Waals surface area (Å²) in [5, 5.41) is 0.764. The molecule has 1 spiro atoms. The van der Waals surface area contributed by atoms with Crippen LogP contribution in [0.15, 0.2) is 18.2 Å². The topological polar surface area (TPSA) is 129 Å². The van der Waals surface area contributed by atoms with Crippen molar-refractivity contribution in [3.05, 3.63) is 46.1 Å². The van der Waals surface area contributed by atoms with Gasteiger partial charge < -0.3 is 32.5 Å². The van der Waals surface area contributed by atoms with Crippen LogP contribution in [0, 0.1) is 6.92 Å². The van der Waals surface area contributed by atoms with Gasteiger partial charge in [-0.3, -0.25) is 14.4 Å². The van der Waals surface area contributed by atoms with Gasteiger partial charge in [0.15, 0.2) is 28.8 Å². The molecule has 1 unspecified atom stereocenters. The van der Waals surface area contributed by atoms with Crippen LogP contribution in [0.5, 0.6) is 40.4 Å². The molecule has 0 bridgehead atoms. The Labute approximate surface area is 308 Å². The lowest BCUT2D eigenvalue weighted by Gasteiger charge is -2.50. The maximum atomic E-state index is 15.6. The van der Waals surface area contributed by atoms with Gasteiger partial charge in [0.2, 0.25) is 5.88 Å². The van der Waals surface area contributed by atoms with Gasteiger partial charge in [0.1, 0.15) is 28.5 Å². The molecule has 0 saturated heterocycles. The number of alkyl halides is 1. The number of benzene rings is 3. The van der Waals surface area contributed by atoms with E-state index in [1.807, 2.05) is 60.6 Å². The number of ketones is 2. The molecule has 1 aromatic heterocycles. The number of pyridine rings is 1. The Morgan fingerprint density at radius 2 is 1.50 bits per heavy atom. The van der Waals surface area contributed by atoms with Crippen LogP contribution in [-0.4, -0.2) is 65.4 Å². The van der Waals surface area contributed by atoms with Crippen LogP contribution >= 0.6 is 11.6 Å². The highest BCUT2D eigenvalue weighted by atomic mass is 35.5. The highest BCUT2D eigenvalue weighted by Gasteiger charge is 2.67. The lowest BCUT2D eigenvalue weighted by Crippen LogP contribution is -2.63. The number of rotatable bonds is 6. The molecule has 0 fully saturated rings. The minimum Gasteiger partial charge on any atom is -0.510 e. The van der Waals surface area contributed by atoms with Gasteiger partial charge in [-0.1, -0.05) is 47.6 Å². The Morgan fingerprint density at radius 3 is 2.08 bits per heavy atom. The zero-order valence-electron chi connectivity index (χ0n) is 31.3. The SMILES string of the molecule is COc1cc2c3c(c4c(c(OC(=O)CCl)c3c1OC)C(=O)C1(CCc3cc5cc(C)nc(OC)c5c(OC)c31)C4=O)O[Si](C(C)(C)C)(C(C)(C)C)O2. The van der Waals surface area contributed by atoms with E-state index in [4.69, 9.17) is 44.1 Å². The fourth-order valence-electron chi connectivity index (χ4n) is 8.80. The molecule has 13 heteroatoms. The molecule has 0 amide bonds. The van der Waals surface area contributed by atoms with E-state index in [9.17, 15) is 4.79 Å². The predicted octanol–water partition coefficient (Wildman–Crippen LogP) is 7.95. The molecule has 11 nitrogen and oxygen atoms in total. The number of hydrogen-bond donors (Lipinski definition) is 0. The average Bonchev–Trinajstić information content (AvgIpc) is 3.58. The number of ether oxygens (including phenoxy) is 5. The van der Waals surface area contributed by atoms with Crippen LogP contribution in [0.25, 0.3) is 21.5 Å². The van der Waals surface area contributed by atoms with E-state index in [-0.39, 0.29) is 45.9 Å². The second-order valence-corrected chi connectivity index (χ2v) is 20.5. The fourth-order valence-corrected chi connectivity index (χ4v) is 13.3. The molecular formula is C39H42ClNO10Si. The number of aromatic nitrogens is 1. The van der Waals surface area contributed by atoms with Crippen molar-refractivity contribution in [1.82, 2.24) is 4.98 Å². The second kappa shape index (κ2) is 11.7. The van der Waals surface area contributed by atoms with Crippen LogP contribution in [0.3, 0.4) is 0 Å². The van der Waals surface area contributed by atoms with Crippen LogP contribution in [0.1, 0.15) is 85.5 Å².